The molecule has 0 saturated heterocycles. The van der Waals surface area contributed by atoms with Gasteiger partial charge in [-0.3, -0.25) is 0 Å². The minimum Gasteiger partial charge on any atom is -0.396 e. The Kier molecular flexibility index (Phi) is 5.86. The summed E-state index contributed by atoms with van der Waals surface area (Å²) in [5.41, 5.74) is 3.68. The average molecular weight is 381 g/mol. The molecule has 3 heteroatoms. The number of halogens is 1. The van der Waals surface area contributed by atoms with Crippen LogP contribution in [-0.4, -0.2) is 11.7 Å². The van der Waals surface area contributed by atoms with Gasteiger partial charge in [-0.2, -0.15) is 0 Å². The molecular formula is C17H20INO. The maximum atomic E-state index is 8.90. The fourth-order valence-corrected chi connectivity index (χ4v) is 2.54. The molecule has 0 amide bonds. The fraction of sp³-hybridized carbons (Fsp3) is 0.294. The van der Waals surface area contributed by atoms with Crippen LogP contribution < -0.4 is 5.32 Å². The minimum absolute atomic E-state index is 0.247. The zero-order valence-electron chi connectivity index (χ0n) is 11.6. The summed E-state index contributed by atoms with van der Waals surface area (Å²) in [4.78, 5) is 0. The number of hydrogen-bond acceptors (Lipinski definition) is 2. The Morgan fingerprint density at radius 2 is 1.90 bits per heavy atom. The first kappa shape index (κ1) is 15.3. The van der Waals surface area contributed by atoms with Crippen molar-refractivity contribution >= 4 is 28.3 Å². The van der Waals surface area contributed by atoms with Crippen molar-refractivity contribution in [1.82, 2.24) is 0 Å². The van der Waals surface area contributed by atoms with Gasteiger partial charge in [0.15, 0.2) is 0 Å². The maximum Gasteiger partial charge on any atom is 0.0485 e. The van der Waals surface area contributed by atoms with Crippen molar-refractivity contribution in [2.45, 2.75) is 25.8 Å². The average Bonchev–Trinajstić information content (AvgIpc) is 2.46. The normalized spacial score (nSPS) is 12.2. The molecule has 20 heavy (non-hydrogen) atoms. The summed E-state index contributed by atoms with van der Waals surface area (Å²) in [6, 6.07) is 17.3. The molecule has 0 saturated carbocycles. The van der Waals surface area contributed by atoms with Gasteiger partial charge >= 0.3 is 0 Å². The second kappa shape index (κ2) is 7.64. The van der Waals surface area contributed by atoms with Gasteiger partial charge in [0, 0.05) is 21.9 Å². The van der Waals surface area contributed by atoms with Gasteiger partial charge in [0.1, 0.15) is 0 Å². The molecule has 1 unspecified atom stereocenters. The van der Waals surface area contributed by atoms with E-state index >= 15 is 0 Å². The van der Waals surface area contributed by atoms with Gasteiger partial charge in [0.05, 0.1) is 0 Å². The standard InChI is InChI=1S/C17H20INO/c1-13(15-7-9-16(18)10-8-15)19-17-6-2-4-14(12-17)5-3-11-20/h2,4,6-10,12-13,19-20H,3,5,11H2,1H3. The lowest BCUT2D eigenvalue weighted by Crippen LogP contribution is -2.06. The molecular weight excluding hydrogens is 361 g/mol. The molecule has 0 heterocycles. The van der Waals surface area contributed by atoms with E-state index in [1.807, 2.05) is 0 Å². The van der Waals surface area contributed by atoms with Gasteiger partial charge < -0.3 is 10.4 Å². The molecule has 2 aromatic carbocycles. The number of benzene rings is 2. The fourth-order valence-electron chi connectivity index (χ4n) is 2.18. The van der Waals surface area contributed by atoms with Crippen LogP contribution >= 0.6 is 22.6 Å². The number of aliphatic hydroxyl groups is 1. The third kappa shape index (κ3) is 4.49. The van der Waals surface area contributed by atoms with E-state index in [-0.39, 0.29) is 12.6 Å². The van der Waals surface area contributed by atoms with Crippen molar-refractivity contribution in [3.05, 3.63) is 63.2 Å². The molecule has 0 bridgehead atoms. The molecule has 2 N–H and O–H groups in total. The van der Waals surface area contributed by atoms with E-state index in [4.69, 9.17) is 5.11 Å². The van der Waals surface area contributed by atoms with Gasteiger partial charge in [-0.1, -0.05) is 24.3 Å². The van der Waals surface area contributed by atoms with Gasteiger partial charge in [-0.15, -0.1) is 0 Å². The van der Waals surface area contributed by atoms with Crippen LogP contribution in [0.4, 0.5) is 5.69 Å². The topological polar surface area (TPSA) is 32.3 Å². The van der Waals surface area contributed by atoms with Crippen LogP contribution in [0.3, 0.4) is 0 Å². The molecule has 0 aromatic heterocycles. The second-order valence-electron chi connectivity index (χ2n) is 4.95. The molecule has 0 radical (unpaired) electrons. The third-order valence-corrected chi connectivity index (χ3v) is 4.02. The summed E-state index contributed by atoms with van der Waals surface area (Å²) in [6.07, 6.45) is 1.74. The maximum absolute atomic E-state index is 8.90. The first-order valence-corrected chi connectivity index (χ1v) is 7.98. The van der Waals surface area contributed by atoms with Gasteiger partial charge in [0.25, 0.3) is 0 Å². The van der Waals surface area contributed by atoms with Crippen LogP contribution in [0.15, 0.2) is 48.5 Å². The summed E-state index contributed by atoms with van der Waals surface area (Å²) in [5.74, 6) is 0. The smallest absolute Gasteiger partial charge is 0.0485 e. The Bertz CT molecular complexity index is 539. The van der Waals surface area contributed by atoms with E-state index in [0.717, 1.165) is 18.5 Å². The number of anilines is 1. The minimum atomic E-state index is 0.247. The van der Waals surface area contributed by atoms with Crippen molar-refractivity contribution in [1.29, 1.82) is 0 Å². The van der Waals surface area contributed by atoms with Crippen LogP contribution in [-0.2, 0) is 6.42 Å². The zero-order chi connectivity index (χ0) is 14.4. The SMILES string of the molecule is CC(Nc1cccc(CCCO)c1)c1ccc(I)cc1. The van der Waals surface area contributed by atoms with E-state index in [9.17, 15) is 0 Å². The van der Waals surface area contributed by atoms with Crippen LogP contribution in [0.2, 0.25) is 0 Å². The molecule has 0 aliphatic carbocycles. The summed E-state index contributed by atoms with van der Waals surface area (Å²) < 4.78 is 1.25. The lowest BCUT2D eigenvalue weighted by Gasteiger charge is -2.16. The monoisotopic (exact) mass is 381 g/mol. The number of aliphatic hydroxyl groups excluding tert-OH is 1. The molecule has 0 spiro atoms. The van der Waals surface area contributed by atoms with Crippen LogP contribution in [0.1, 0.15) is 30.5 Å². The molecule has 0 fully saturated rings. The molecule has 1 atom stereocenters. The third-order valence-electron chi connectivity index (χ3n) is 3.30. The highest BCUT2D eigenvalue weighted by Crippen LogP contribution is 2.21. The Balaban J connectivity index is 2.03. The first-order chi connectivity index (χ1) is 9.69. The molecule has 0 aliphatic rings. The summed E-state index contributed by atoms with van der Waals surface area (Å²) in [7, 11) is 0. The summed E-state index contributed by atoms with van der Waals surface area (Å²) in [6.45, 7) is 2.42. The summed E-state index contributed by atoms with van der Waals surface area (Å²) in [5, 5.41) is 12.4. The lowest BCUT2D eigenvalue weighted by atomic mass is 10.1. The van der Waals surface area contributed by atoms with Crippen LogP contribution in [0, 0.1) is 3.57 Å². The van der Waals surface area contributed by atoms with Crippen molar-refractivity contribution in [3.63, 3.8) is 0 Å². The van der Waals surface area contributed by atoms with Crippen molar-refractivity contribution in [3.8, 4) is 0 Å². The van der Waals surface area contributed by atoms with Crippen LogP contribution in [0.25, 0.3) is 0 Å². The Morgan fingerprint density at radius 1 is 1.15 bits per heavy atom. The van der Waals surface area contributed by atoms with E-state index in [1.54, 1.807) is 0 Å². The second-order valence-corrected chi connectivity index (χ2v) is 6.19. The van der Waals surface area contributed by atoms with E-state index in [2.05, 4.69) is 83.4 Å². The lowest BCUT2D eigenvalue weighted by molar-refractivity contribution is 0.288. The Hall–Kier alpha value is -1.07. The zero-order valence-corrected chi connectivity index (χ0v) is 13.8. The number of hydrogen-bond donors (Lipinski definition) is 2. The predicted octanol–water partition coefficient (Wildman–Crippen LogP) is 4.39. The largest absolute Gasteiger partial charge is 0.396 e. The van der Waals surface area contributed by atoms with Gasteiger partial charge in [-0.25, -0.2) is 0 Å². The molecule has 2 aromatic rings. The Morgan fingerprint density at radius 3 is 2.60 bits per heavy atom. The van der Waals surface area contributed by atoms with Gasteiger partial charge in [0.2, 0.25) is 0 Å². The first-order valence-electron chi connectivity index (χ1n) is 6.91. The highest BCUT2D eigenvalue weighted by molar-refractivity contribution is 14.1. The van der Waals surface area contributed by atoms with Crippen molar-refractivity contribution in [2.24, 2.45) is 0 Å². The molecule has 0 aliphatic heterocycles. The van der Waals surface area contributed by atoms with E-state index in [1.165, 1.54) is 14.7 Å². The number of nitrogens with one attached hydrogen (secondary N) is 1. The molecule has 2 rings (SSSR count). The Labute approximate surface area is 134 Å². The number of rotatable bonds is 6. The molecule has 2 nitrogen and oxygen atoms in total. The van der Waals surface area contributed by atoms with Crippen LogP contribution in [0.5, 0.6) is 0 Å². The number of aryl methyl sites for hydroxylation is 1. The quantitative estimate of drug-likeness (QED) is 0.728. The van der Waals surface area contributed by atoms with E-state index < -0.39 is 0 Å². The predicted molar refractivity (Wildman–Crippen MR) is 93.0 cm³/mol. The van der Waals surface area contributed by atoms with Crippen molar-refractivity contribution in [2.75, 3.05) is 11.9 Å². The van der Waals surface area contributed by atoms with Crippen molar-refractivity contribution < 1.29 is 5.11 Å². The molecule has 106 valence electrons. The highest BCUT2D eigenvalue weighted by atomic mass is 127. The van der Waals surface area contributed by atoms with Gasteiger partial charge in [-0.05, 0) is 77.7 Å². The summed E-state index contributed by atoms with van der Waals surface area (Å²) >= 11 is 2.32. The highest BCUT2D eigenvalue weighted by Gasteiger charge is 2.05. The van der Waals surface area contributed by atoms with E-state index in [0.29, 0.717) is 0 Å².